The Balaban J connectivity index is 2.11. The number of aromatic nitrogens is 1. The number of carbonyl (C=O) groups excluding carboxylic acids is 2. The van der Waals surface area contributed by atoms with Gasteiger partial charge in [0.25, 0.3) is 0 Å². The molecular formula is C14H18BrN3O2. The largest absolute Gasteiger partial charge is 0.330 e. The molecule has 2 heterocycles. The molecule has 1 fully saturated rings. The predicted octanol–water partition coefficient (Wildman–Crippen LogP) is 2.43. The molecule has 1 aromatic heterocycles. The SMILES string of the molecule is CC(C)[C@H](C(=O)Nc1ccc(Br)cn1)N1CCCC1=O. The predicted molar refractivity (Wildman–Crippen MR) is 80.1 cm³/mol. The first kappa shape index (κ1) is 15.0. The Morgan fingerprint density at radius 3 is 2.70 bits per heavy atom. The van der Waals surface area contributed by atoms with Crippen molar-refractivity contribution in [1.29, 1.82) is 0 Å². The van der Waals surface area contributed by atoms with Crippen molar-refractivity contribution in [1.82, 2.24) is 9.88 Å². The molecule has 0 saturated carbocycles. The van der Waals surface area contributed by atoms with Crippen molar-refractivity contribution < 1.29 is 9.59 Å². The molecule has 2 rings (SSSR count). The van der Waals surface area contributed by atoms with Crippen LogP contribution in [-0.2, 0) is 9.59 Å². The van der Waals surface area contributed by atoms with Crippen molar-refractivity contribution in [3.63, 3.8) is 0 Å². The lowest BCUT2D eigenvalue weighted by molar-refractivity contribution is -0.136. The summed E-state index contributed by atoms with van der Waals surface area (Å²) in [4.78, 5) is 30.1. The van der Waals surface area contributed by atoms with Crippen LogP contribution >= 0.6 is 15.9 Å². The molecule has 0 unspecified atom stereocenters. The number of rotatable bonds is 4. The van der Waals surface area contributed by atoms with Gasteiger partial charge in [0.1, 0.15) is 11.9 Å². The third kappa shape index (κ3) is 3.36. The van der Waals surface area contributed by atoms with Gasteiger partial charge in [0.05, 0.1) is 0 Å². The minimum atomic E-state index is -0.435. The summed E-state index contributed by atoms with van der Waals surface area (Å²) in [6.07, 6.45) is 2.99. The number of nitrogens with zero attached hydrogens (tertiary/aromatic N) is 2. The fourth-order valence-corrected chi connectivity index (χ4v) is 2.65. The second kappa shape index (κ2) is 6.35. The highest BCUT2D eigenvalue weighted by Crippen LogP contribution is 2.20. The summed E-state index contributed by atoms with van der Waals surface area (Å²) in [7, 11) is 0. The summed E-state index contributed by atoms with van der Waals surface area (Å²) < 4.78 is 0.852. The van der Waals surface area contributed by atoms with Crippen LogP contribution in [0.5, 0.6) is 0 Å². The molecule has 1 atom stereocenters. The van der Waals surface area contributed by atoms with Gasteiger partial charge in [0, 0.05) is 23.6 Å². The van der Waals surface area contributed by atoms with Gasteiger partial charge in [-0.15, -0.1) is 0 Å². The van der Waals surface area contributed by atoms with E-state index in [9.17, 15) is 9.59 Å². The molecule has 2 amide bonds. The third-order valence-electron chi connectivity index (χ3n) is 3.32. The number of hydrogen-bond donors (Lipinski definition) is 1. The lowest BCUT2D eigenvalue weighted by Crippen LogP contribution is -2.48. The molecule has 1 saturated heterocycles. The number of halogens is 1. The van der Waals surface area contributed by atoms with Crippen LogP contribution in [0.3, 0.4) is 0 Å². The first-order chi connectivity index (χ1) is 9.49. The van der Waals surface area contributed by atoms with Gasteiger partial charge in [-0.25, -0.2) is 4.98 Å². The Morgan fingerprint density at radius 1 is 1.45 bits per heavy atom. The Hall–Kier alpha value is -1.43. The van der Waals surface area contributed by atoms with Gasteiger partial charge >= 0.3 is 0 Å². The summed E-state index contributed by atoms with van der Waals surface area (Å²) in [6.45, 7) is 4.55. The van der Waals surface area contributed by atoms with Crippen molar-refractivity contribution in [3.05, 3.63) is 22.8 Å². The minimum absolute atomic E-state index is 0.0580. The average molecular weight is 340 g/mol. The fourth-order valence-electron chi connectivity index (χ4n) is 2.42. The maximum Gasteiger partial charge on any atom is 0.248 e. The monoisotopic (exact) mass is 339 g/mol. The molecule has 20 heavy (non-hydrogen) atoms. The molecular weight excluding hydrogens is 322 g/mol. The van der Waals surface area contributed by atoms with E-state index in [-0.39, 0.29) is 17.7 Å². The lowest BCUT2D eigenvalue weighted by Gasteiger charge is -2.29. The third-order valence-corrected chi connectivity index (χ3v) is 3.79. The number of pyridine rings is 1. The molecule has 0 aromatic carbocycles. The summed E-state index contributed by atoms with van der Waals surface area (Å²) in [5, 5.41) is 2.78. The number of amides is 2. The molecule has 0 bridgehead atoms. The molecule has 1 aliphatic heterocycles. The van der Waals surface area contributed by atoms with Crippen LogP contribution in [-0.4, -0.2) is 34.3 Å². The Kier molecular flexibility index (Phi) is 4.75. The number of nitrogens with one attached hydrogen (secondary N) is 1. The molecule has 108 valence electrons. The van der Waals surface area contributed by atoms with Crippen LogP contribution in [0.15, 0.2) is 22.8 Å². The van der Waals surface area contributed by atoms with Crippen molar-refractivity contribution in [3.8, 4) is 0 Å². The molecule has 5 nitrogen and oxygen atoms in total. The Morgan fingerprint density at radius 2 is 2.20 bits per heavy atom. The number of hydrogen-bond acceptors (Lipinski definition) is 3. The van der Waals surface area contributed by atoms with Gasteiger partial charge in [-0.1, -0.05) is 13.8 Å². The number of likely N-dealkylation sites (tertiary alicyclic amines) is 1. The van der Waals surface area contributed by atoms with E-state index in [2.05, 4.69) is 26.2 Å². The molecule has 0 aliphatic carbocycles. The van der Waals surface area contributed by atoms with Gasteiger partial charge in [-0.05, 0) is 40.4 Å². The van der Waals surface area contributed by atoms with Gasteiger partial charge < -0.3 is 10.2 Å². The van der Waals surface area contributed by atoms with E-state index in [1.807, 2.05) is 19.9 Å². The van der Waals surface area contributed by atoms with E-state index >= 15 is 0 Å². The smallest absolute Gasteiger partial charge is 0.248 e. The van der Waals surface area contributed by atoms with Crippen LogP contribution in [0, 0.1) is 5.92 Å². The highest BCUT2D eigenvalue weighted by atomic mass is 79.9. The zero-order chi connectivity index (χ0) is 14.7. The van der Waals surface area contributed by atoms with E-state index in [1.54, 1.807) is 17.2 Å². The summed E-state index contributed by atoms with van der Waals surface area (Å²) >= 11 is 3.30. The summed E-state index contributed by atoms with van der Waals surface area (Å²) in [5.74, 6) is 0.440. The number of carbonyl (C=O) groups is 2. The molecule has 0 radical (unpaired) electrons. The molecule has 0 spiro atoms. The zero-order valence-corrected chi connectivity index (χ0v) is 13.2. The van der Waals surface area contributed by atoms with Gasteiger partial charge in [-0.2, -0.15) is 0 Å². The highest BCUT2D eigenvalue weighted by Gasteiger charge is 2.34. The Bertz CT molecular complexity index is 502. The Labute approximate surface area is 126 Å². The van der Waals surface area contributed by atoms with E-state index < -0.39 is 6.04 Å². The van der Waals surface area contributed by atoms with Gasteiger partial charge in [0.15, 0.2) is 0 Å². The fraction of sp³-hybridized carbons (Fsp3) is 0.500. The van der Waals surface area contributed by atoms with Gasteiger partial charge in [0.2, 0.25) is 11.8 Å². The number of anilines is 1. The van der Waals surface area contributed by atoms with E-state index in [0.29, 0.717) is 18.8 Å². The molecule has 1 aromatic rings. The van der Waals surface area contributed by atoms with Crippen LogP contribution in [0.4, 0.5) is 5.82 Å². The second-order valence-electron chi connectivity index (χ2n) is 5.23. The van der Waals surface area contributed by atoms with E-state index in [4.69, 9.17) is 0 Å². The van der Waals surface area contributed by atoms with Crippen molar-refractivity contribution in [2.75, 3.05) is 11.9 Å². The van der Waals surface area contributed by atoms with Gasteiger partial charge in [-0.3, -0.25) is 9.59 Å². The summed E-state index contributed by atoms with van der Waals surface area (Å²) in [5.41, 5.74) is 0. The quantitative estimate of drug-likeness (QED) is 0.916. The van der Waals surface area contributed by atoms with E-state index in [0.717, 1.165) is 10.9 Å². The molecule has 1 N–H and O–H groups in total. The van der Waals surface area contributed by atoms with Crippen LogP contribution < -0.4 is 5.32 Å². The maximum absolute atomic E-state index is 12.4. The normalized spacial score (nSPS) is 16.6. The topological polar surface area (TPSA) is 62.3 Å². The molecule has 6 heteroatoms. The molecule has 1 aliphatic rings. The van der Waals surface area contributed by atoms with Crippen molar-refractivity contribution in [2.45, 2.75) is 32.7 Å². The van der Waals surface area contributed by atoms with Crippen LogP contribution in [0.25, 0.3) is 0 Å². The van der Waals surface area contributed by atoms with Crippen LogP contribution in [0.2, 0.25) is 0 Å². The van der Waals surface area contributed by atoms with Crippen molar-refractivity contribution in [2.24, 2.45) is 5.92 Å². The highest BCUT2D eigenvalue weighted by molar-refractivity contribution is 9.10. The van der Waals surface area contributed by atoms with Crippen LogP contribution in [0.1, 0.15) is 26.7 Å². The average Bonchev–Trinajstić information content (AvgIpc) is 2.78. The zero-order valence-electron chi connectivity index (χ0n) is 11.6. The standard InChI is InChI=1S/C14H18BrN3O2/c1-9(2)13(18-7-3-4-12(18)19)14(20)17-11-6-5-10(15)8-16-11/h5-6,8-9,13H,3-4,7H2,1-2H3,(H,16,17,20)/t13-/m1/s1. The summed E-state index contributed by atoms with van der Waals surface area (Å²) in [6, 6.07) is 3.11. The van der Waals surface area contributed by atoms with Crippen molar-refractivity contribution >= 4 is 33.6 Å². The first-order valence-corrected chi connectivity index (χ1v) is 7.50. The van der Waals surface area contributed by atoms with E-state index in [1.165, 1.54) is 0 Å². The maximum atomic E-state index is 12.4. The first-order valence-electron chi connectivity index (χ1n) is 6.71. The lowest BCUT2D eigenvalue weighted by atomic mass is 10.0. The second-order valence-corrected chi connectivity index (χ2v) is 6.15. The minimum Gasteiger partial charge on any atom is -0.330 e.